The zero-order chi connectivity index (χ0) is 19.6. The van der Waals surface area contributed by atoms with Gasteiger partial charge in [0.25, 0.3) is 11.8 Å². The molecule has 0 spiro atoms. The molecule has 0 aliphatic heterocycles. The van der Waals surface area contributed by atoms with Crippen LogP contribution in [0.5, 0.6) is 0 Å². The molecule has 0 aliphatic rings. The molecule has 140 valence electrons. The molecular formula is C23H26N2O2. The number of hydrogen-bond acceptors (Lipinski definition) is 2. The molecule has 0 radical (unpaired) electrons. The minimum Gasteiger partial charge on any atom is -0.352 e. The van der Waals surface area contributed by atoms with Crippen LogP contribution in [0.2, 0.25) is 0 Å². The van der Waals surface area contributed by atoms with E-state index in [0.717, 1.165) is 27.5 Å². The smallest absolute Gasteiger partial charge is 0.251 e. The molecule has 3 aromatic rings. The molecule has 0 saturated carbocycles. The van der Waals surface area contributed by atoms with Gasteiger partial charge in [0.15, 0.2) is 0 Å². The fourth-order valence-electron chi connectivity index (χ4n) is 2.76. The van der Waals surface area contributed by atoms with Crippen LogP contribution >= 0.6 is 0 Å². The fraction of sp³-hybridized carbons (Fsp3) is 0.217. The number of nitrogens with one attached hydrogen (secondary N) is 2. The molecule has 0 saturated heterocycles. The summed E-state index contributed by atoms with van der Waals surface area (Å²) in [6.45, 7) is 7.10. The molecule has 0 aliphatic carbocycles. The van der Waals surface area contributed by atoms with Crippen LogP contribution in [-0.4, -0.2) is 24.9 Å². The number of aryl methyl sites for hydroxylation is 1. The number of benzene rings is 3. The summed E-state index contributed by atoms with van der Waals surface area (Å²) < 4.78 is 0. The topological polar surface area (TPSA) is 58.2 Å². The largest absolute Gasteiger partial charge is 0.352 e. The first-order valence-electron chi connectivity index (χ1n) is 9.18. The van der Waals surface area contributed by atoms with Crippen molar-refractivity contribution in [2.75, 3.05) is 13.1 Å². The molecule has 2 amide bonds. The molecule has 2 N–H and O–H groups in total. The maximum atomic E-state index is 11.7. The summed E-state index contributed by atoms with van der Waals surface area (Å²) in [6, 6.07) is 21.3. The van der Waals surface area contributed by atoms with Crippen molar-refractivity contribution in [3.05, 3.63) is 83.4 Å². The van der Waals surface area contributed by atoms with Gasteiger partial charge in [-0.1, -0.05) is 54.6 Å². The number of fused-ring (bicyclic) bond motifs is 1. The number of carbonyl (C=O) groups excluding carboxylic acids is 2. The molecule has 0 aromatic heterocycles. The Morgan fingerprint density at radius 2 is 1.22 bits per heavy atom. The first-order valence-corrected chi connectivity index (χ1v) is 9.18. The van der Waals surface area contributed by atoms with Crippen molar-refractivity contribution in [3.63, 3.8) is 0 Å². The molecular weight excluding hydrogens is 336 g/mol. The Kier molecular flexibility index (Phi) is 7.56. The van der Waals surface area contributed by atoms with Crippen molar-refractivity contribution in [2.45, 2.75) is 20.8 Å². The number of carbonyl (C=O) groups is 2. The average Bonchev–Trinajstić information content (AvgIpc) is 2.69. The van der Waals surface area contributed by atoms with Crippen molar-refractivity contribution < 1.29 is 9.59 Å². The van der Waals surface area contributed by atoms with Gasteiger partial charge in [0.05, 0.1) is 0 Å². The van der Waals surface area contributed by atoms with E-state index in [9.17, 15) is 9.59 Å². The predicted molar refractivity (Wildman–Crippen MR) is 111 cm³/mol. The highest BCUT2D eigenvalue weighted by molar-refractivity contribution is 6.06. The Bertz CT molecular complexity index is 914. The van der Waals surface area contributed by atoms with Crippen molar-refractivity contribution in [3.8, 4) is 0 Å². The fourth-order valence-corrected chi connectivity index (χ4v) is 2.76. The lowest BCUT2D eigenvalue weighted by atomic mass is 10.0. The number of amides is 2. The molecule has 0 unspecified atom stereocenters. The standard InChI is InChI=1S/C13H13NO.C10H13NO/c1-2-14-13(15)12-9-5-7-10-6-3-4-8-11(10)12;1-3-11-10(12)9-7-5-4-6-8(9)2/h3-9H,2H2,1H3,(H,14,15);4-7H,3H2,1-2H3,(H,11,12). The maximum absolute atomic E-state index is 11.7. The van der Waals surface area contributed by atoms with Crippen LogP contribution in [0.4, 0.5) is 0 Å². The van der Waals surface area contributed by atoms with Crippen LogP contribution in [-0.2, 0) is 0 Å². The van der Waals surface area contributed by atoms with Gasteiger partial charge in [-0.25, -0.2) is 0 Å². The Morgan fingerprint density at radius 1 is 0.704 bits per heavy atom. The molecule has 4 heteroatoms. The lowest BCUT2D eigenvalue weighted by molar-refractivity contribution is 0.0948. The summed E-state index contributed by atoms with van der Waals surface area (Å²) in [4.78, 5) is 23.1. The van der Waals surface area contributed by atoms with Gasteiger partial charge < -0.3 is 10.6 Å². The van der Waals surface area contributed by atoms with Crippen LogP contribution in [0, 0.1) is 6.92 Å². The SMILES string of the molecule is CCNC(=O)c1cccc2ccccc12.CCNC(=O)c1ccccc1C. The van der Waals surface area contributed by atoms with Crippen molar-refractivity contribution in [2.24, 2.45) is 0 Å². The van der Waals surface area contributed by atoms with Crippen LogP contribution < -0.4 is 10.6 Å². The van der Waals surface area contributed by atoms with E-state index >= 15 is 0 Å². The van der Waals surface area contributed by atoms with Crippen LogP contribution in [0.3, 0.4) is 0 Å². The molecule has 0 fully saturated rings. The van der Waals surface area contributed by atoms with Crippen LogP contribution in [0.1, 0.15) is 40.1 Å². The van der Waals surface area contributed by atoms with Crippen LogP contribution in [0.25, 0.3) is 10.8 Å². The van der Waals surface area contributed by atoms with Gasteiger partial charge in [-0.2, -0.15) is 0 Å². The third-order valence-corrected chi connectivity index (χ3v) is 4.10. The van der Waals surface area contributed by atoms with Gasteiger partial charge in [0, 0.05) is 24.2 Å². The van der Waals surface area contributed by atoms with E-state index in [0.29, 0.717) is 13.1 Å². The summed E-state index contributed by atoms with van der Waals surface area (Å²) in [5.74, 6) is 0.00454. The number of hydrogen-bond donors (Lipinski definition) is 2. The van der Waals surface area contributed by atoms with E-state index in [2.05, 4.69) is 10.6 Å². The molecule has 0 heterocycles. The predicted octanol–water partition coefficient (Wildman–Crippen LogP) is 4.33. The third-order valence-electron chi connectivity index (χ3n) is 4.10. The van der Waals surface area contributed by atoms with E-state index < -0.39 is 0 Å². The zero-order valence-electron chi connectivity index (χ0n) is 16.1. The Labute approximate surface area is 160 Å². The third kappa shape index (κ3) is 5.42. The Morgan fingerprint density at radius 3 is 1.89 bits per heavy atom. The van der Waals surface area contributed by atoms with Gasteiger partial charge in [0.1, 0.15) is 0 Å². The highest BCUT2D eigenvalue weighted by atomic mass is 16.2. The molecule has 3 rings (SSSR count). The zero-order valence-corrected chi connectivity index (χ0v) is 16.1. The second-order valence-corrected chi connectivity index (χ2v) is 6.06. The summed E-state index contributed by atoms with van der Waals surface area (Å²) in [5.41, 5.74) is 2.53. The molecule has 3 aromatic carbocycles. The van der Waals surface area contributed by atoms with Gasteiger partial charge >= 0.3 is 0 Å². The summed E-state index contributed by atoms with van der Waals surface area (Å²) in [5, 5.41) is 7.68. The summed E-state index contributed by atoms with van der Waals surface area (Å²) in [7, 11) is 0. The van der Waals surface area contributed by atoms with Crippen molar-refractivity contribution in [1.82, 2.24) is 10.6 Å². The van der Waals surface area contributed by atoms with Gasteiger partial charge in [-0.05, 0) is 49.2 Å². The van der Waals surface area contributed by atoms with E-state index in [4.69, 9.17) is 0 Å². The quantitative estimate of drug-likeness (QED) is 0.725. The minimum atomic E-state index is -0.00528. The number of rotatable bonds is 4. The van der Waals surface area contributed by atoms with Crippen molar-refractivity contribution >= 4 is 22.6 Å². The first kappa shape index (κ1) is 20.2. The Hall–Kier alpha value is -3.14. The van der Waals surface area contributed by atoms with Gasteiger partial charge in [0.2, 0.25) is 0 Å². The van der Waals surface area contributed by atoms with Gasteiger partial charge in [-0.3, -0.25) is 9.59 Å². The van der Waals surface area contributed by atoms with Crippen molar-refractivity contribution in [1.29, 1.82) is 0 Å². The summed E-state index contributed by atoms with van der Waals surface area (Å²) in [6.07, 6.45) is 0. The van der Waals surface area contributed by atoms with E-state index in [1.54, 1.807) is 0 Å². The van der Waals surface area contributed by atoms with Gasteiger partial charge in [-0.15, -0.1) is 0 Å². The molecule has 27 heavy (non-hydrogen) atoms. The first-order chi connectivity index (χ1) is 13.1. The van der Waals surface area contributed by atoms with Crippen LogP contribution in [0.15, 0.2) is 66.7 Å². The lowest BCUT2D eigenvalue weighted by Crippen LogP contribution is -2.23. The molecule has 0 bridgehead atoms. The normalized spacial score (nSPS) is 9.89. The highest BCUT2D eigenvalue weighted by Gasteiger charge is 2.07. The second kappa shape index (κ2) is 10.1. The second-order valence-electron chi connectivity index (χ2n) is 6.06. The summed E-state index contributed by atoms with van der Waals surface area (Å²) >= 11 is 0. The molecule has 0 atom stereocenters. The Balaban J connectivity index is 0.000000199. The average molecular weight is 362 g/mol. The highest BCUT2D eigenvalue weighted by Crippen LogP contribution is 2.18. The van der Waals surface area contributed by atoms with E-state index in [1.165, 1.54) is 0 Å². The monoisotopic (exact) mass is 362 g/mol. The molecule has 4 nitrogen and oxygen atoms in total. The minimum absolute atomic E-state index is 0.00528. The van der Waals surface area contributed by atoms with E-state index in [-0.39, 0.29) is 11.8 Å². The maximum Gasteiger partial charge on any atom is 0.251 e. The lowest BCUT2D eigenvalue weighted by Gasteiger charge is -2.05. The van der Waals surface area contributed by atoms with E-state index in [1.807, 2.05) is 87.5 Å².